The summed E-state index contributed by atoms with van der Waals surface area (Å²) in [5, 5.41) is 10.4. The molecule has 1 fully saturated rings. The average molecular weight is 291 g/mol. The van der Waals surface area contributed by atoms with E-state index in [1.807, 2.05) is 0 Å². The molecule has 0 amide bonds. The van der Waals surface area contributed by atoms with Gasteiger partial charge in [0, 0.05) is 24.1 Å². The second kappa shape index (κ2) is 5.66. The minimum Gasteiger partial charge on any atom is -0.396 e. The van der Waals surface area contributed by atoms with Crippen LogP contribution in [0.25, 0.3) is 10.2 Å². The molecule has 0 aromatic carbocycles. The summed E-state index contributed by atoms with van der Waals surface area (Å²) in [5.41, 5.74) is 1.30. The van der Waals surface area contributed by atoms with E-state index in [1.54, 1.807) is 17.7 Å². The fourth-order valence-corrected chi connectivity index (χ4v) is 3.77. The molecule has 4 nitrogen and oxygen atoms in total. The van der Waals surface area contributed by atoms with Gasteiger partial charge in [0.25, 0.3) is 0 Å². The average Bonchev–Trinajstić information content (AvgIpc) is 2.68. The number of fused-ring (bicyclic) bond motifs is 1. The van der Waals surface area contributed by atoms with Crippen LogP contribution in [0.3, 0.4) is 0 Å². The highest BCUT2D eigenvalue weighted by Crippen LogP contribution is 2.37. The molecule has 1 N–H and O–H groups in total. The van der Waals surface area contributed by atoms with Gasteiger partial charge in [-0.1, -0.05) is 0 Å². The van der Waals surface area contributed by atoms with Crippen LogP contribution in [0.15, 0.2) is 6.33 Å². The van der Waals surface area contributed by atoms with Crippen LogP contribution in [-0.4, -0.2) is 34.3 Å². The van der Waals surface area contributed by atoms with E-state index in [2.05, 4.69) is 28.7 Å². The summed E-state index contributed by atoms with van der Waals surface area (Å²) in [4.78, 5) is 13.8. The Balaban J connectivity index is 2.05. The van der Waals surface area contributed by atoms with Crippen LogP contribution in [-0.2, 0) is 0 Å². The quantitative estimate of drug-likeness (QED) is 0.920. The second-order valence-electron chi connectivity index (χ2n) is 5.52. The van der Waals surface area contributed by atoms with Crippen LogP contribution in [0.4, 0.5) is 5.82 Å². The lowest BCUT2D eigenvalue weighted by Gasteiger charge is -2.38. The molecule has 0 saturated heterocycles. The summed E-state index contributed by atoms with van der Waals surface area (Å²) in [6.07, 6.45) is 6.25. The Labute approximate surface area is 123 Å². The van der Waals surface area contributed by atoms with E-state index in [9.17, 15) is 0 Å². The molecule has 108 valence electrons. The maximum Gasteiger partial charge on any atom is 0.141 e. The third-order valence-electron chi connectivity index (χ3n) is 4.29. The fraction of sp³-hybridized carbons (Fsp3) is 0.600. The van der Waals surface area contributed by atoms with Gasteiger partial charge >= 0.3 is 0 Å². The lowest BCUT2D eigenvalue weighted by atomic mass is 9.91. The number of aliphatic hydroxyl groups is 1. The summed E-state index contributed by atoms with van der Waals surface area (Å²) in [6, 6.07) is 0.583. The number of hydrogen-bond donors (Lipinski definition) is 1. The van der Waals surface area contributed by atoms with Crippen LogP contribution in [0.2, 0.25) is 0 Å². The van der Waals surface area contributed by atoms with Crippen molar-refractivity contribution >= 4 is 27.4 Å². The lowest BCUT2D eigenvalue weighted by Crippen LogP contribution is -2.41. The Morgan fingerprint density at radius 2 is 2.15 bits per heavy atom. The number of hydrogen-bond acceptors (Lipinski definition) is 5. The number of aliphatic hydroxyl groups excluding tert-OH is 1. The molecule has 2 aromatic rings. The molecule has 2 aromatic heterocycles. The molecule has 0 unspecified atom stereocenters. The first-order valence-corrected chi connectivity index (χ1v) is 8.12. The molecule has 20 heavy (non-hydrogen) atoms. The van der Waals surface area contributed by atoms with Crippen molar-refractivity contribution in [2.75, 3.05) is 18.1 Å². The van der Waals surface area contributed by atoms with E-state index < -0.39 is 0 Å². The Bertz CT molecular complexity index is 606. The van der Waals surface area contributed by atoms with Gasteiger partial charge in [-0.3, -0.25) is 0 Å². The van der Waals surface area contributed by atoms with Gasteiger partial charge in [-0.15, -0.1) is 11.3 Å². The van der Waals surface area contributed by atoms with Gasteiger partial charge in [-0.25, -0.2) is 9.97 Å². The number of aromatic nitrogens is 2. The van der Waals surface area contributed by atoms with Crippen molar-refractivity contribution in [3.8, 4) is 0 Å². The summed E-state index contributed by atoms with van der Waals surface area (Å²) in [7, 11) is 0. The Hall–Kier alpha value is -1.20. The second-order valence-corrected chi connectivity index (χ2v) is 6.72. The minimum absolute atomic E-state index is 0.235. The van der Waals surface area contributed by atoms with Crippen molar-refractivity contribution in [1.82, 2.24) is 9.97 Å². The predicted molar refractivity (Wildman–Crippen MR) is 83.6 cm³/mol. The number of rotatable bonds is 5. The largest absolute Gasteiger partial charge is 0.396 e. The Morgan fingerprint density at radius 1 is 1.35 bits per heavy atom. The Morgan fingerprint density at radius 3 is 2.80 bits per heavy atom. The van der Waals surface area contributed by atoms with Gasteiger partial charge in [0.2, 0.25) is 0 Å². The summed E-state index contributed by atoms with van der Waals surface area (Å²) >= 11 is 1.74. The fourth-order valence-electron chi connectivity index (χ4n) is 2.78. The SMILES string of the molecule is Cc1sc2ncnc(N(CCCO)C3CCC3)c2c1C. The molecule has 3 rings (SSSR count). The van der Waals surface area contributed by atoms with Gasteiger partial charge in [0.15, 0.2) is 0 Å². The van der Waals surface area contributed by atoms with E-state index in [-0.39, 0.29) is 6.61 Å². The summed E-state index contributed by atoms with van der Waals surface area (Å²) < 4.78 is 0. The van der Waals surface area contributed by atoms with Crippen LogP contribution in [0.1, 0.15) is 36.1 Å². The number of nitrogens with zero attached hydrogens (tertiary/aromatic N) is 3. The van der Waals surface area contributed by atoms with Crippen molar-refractivity contribution < 1.29 is 5.11 Å². The smallest absolute Gasteiger partial charge is 0.141 e. The van der Waals surface area contributed by atoms with E-state index in [1.165, 1.54) is 35.1 Å². The van der Waals surface area contributed by atoms with E-state index in [0.717, 1.165) is 23.6 Å². The first-order chi connectivity index (χ1) is 9.72. The number of anilines is 1. The summed E-state index contributed by atoms with van der Waals surface area (Å²) in [6.45, 7) is 5.42. The molecule has 1 saturated carbocycles. The first-order valence-electron chi connectivity index (χ1n) is 7.30. The molecular formula is C15H21N3OS. The van der Waals surface area contributed by atoms with Crippen molar-refractivity contribution in [2.24, 2.45) is 0 Å². The number of aryl methyl sites for hydroxylation is 2. The van der Waals surface area contributed by atoms with Crippen LogP contribution in [0, 0.1) is 13.8 Å². The maximum absolute atomic E-state index is 9.15. The normalized spacial score (nSPS) is 15.6. The zero-order valence-electron chi connectivity index (χ0n) is 12.1. The molecule has 1 aliphatic carbocycles. The molecule has 5 heteroatoms. The molecule has 1 aliphatic rings. The first kappa shape index (κ1) is 13.8. The van der Waals surface area contributed by atoms with Gasteiger partial charge in [0.05, 0.1) is 5.39 Å². The molecular weight excluding hydrogens is 270 g/mol. The molecule has 0 bridgehead atoms. The van der Waals surface area contributed by atoms with Gasteiger partial charge in [0.1, 0.15) is 17.0 Å². The highest BCUT2D eigenvalue weighted by Gasteiger charge is 2.28. The van der Waals surface area contributed by atoms with Crippen LogP contribution < -0.4 is 4.90 Å². The van der Waals surface area contributed by atoms with Crippen LogP contribution >= 0.6 is 11.3 Å². The van der Waals surface area contributed by atoms with Crippen molar-refractivity contribution in [3.63, 3.8) is 0 Å². The topological polar surface area (TPSA) is 49.2 Å². The van der Waals surface area contributed by atoms with E-state index in [4.69, 9.17) is 5.11 Å². The number of thiophene rings is 1. The van der Waals surface area contributed by atoms with Crippen molar-refractivity contribution in [3.05, 3.63) is 16.8 Å². The van der Waals surface area contributed by atoms with Gasteiger partial charge < -0.3 is 10.0 Å². The highest BCUT2D eigenvalue weighted by molar-refractivity contribution is 7.18. The minimum atomic E-state index is 0.235. The Kier molecular flexibility index (Phi) is 3.89. The monoisotopic (exact) mass is 291 g/mol. The molecule has 0 radical (unpaired) electrons. The molecule has 2 heterocycles. The van der Waals surface area contributed by atoms with E-state index in [0.29, 0.717) is 6.04 Å². The van der Waals surface area contributed by atoms with Crippen LogP contribution in [0.5, 0.6) is 0 Å². The lowest BCUT2D eigenvalue weighted by molar-refractivity contribution is 0.282. The summed E-state index contributed by atoms with van der Waals surface area (Å²) in [5.74, 6) is 1.06. The van der Waals surface area contributed by atoms with E-state index >= 15 is 0 Å². The molecule has 0 spiro atoms. The third kappa shape index (κ3) is 2.29. The van der Waals surface area contributed by atoms with Crippen molar-refractivity contribution in [2.45, 2.75) is 45.6 Å². The maximum atomic E-state index is 9.15. The third-order valence-corrected chi connectivity index (χ3v) is 5.41. The molecule has 0 aliphatic heterocycles. The zero-order chi connectivity index (χ0) is 14.1. The van der Waals surface area contributed by atoms with Gasteiger partial charge in [-0.2, -0.15) is 0 Å². The zero-order valence-corrected chi connectivity index (χ0v) is 12.9. The van der Waals surface area contributed by atoms with Gasteiger partial charge in [-0.05, 0) is 45.1 Å². The standard InChI is InChI=1S/C15H21N3OS/c1-10-11(2)20-15-13(10)14(16-9-17-15)18(7-4-8-19)12-5-3-6-12/h9,12,19H,3-8H2,1-2H3. The van der Waals surface area contributed by atoms with Crippen molar-refractivity contribution in [1.29, 1.82) is 0 Å². The highest BCUT2D eigenvalue weighted by atomic mass is 32.1. The predicted octanol–water partition coefficient (Wildman–Crippen LogP) is 3.05. The molecule has 0 atom stereocenters.